The maximum atomic E-state index is 12.4. The minimum absolute atomic E-state index is 0.218. The first-order valence-electron chi connectivity index (χ1n) is 9.15. The highest BCUT2D eigenvalue weighted by Crippen LogP contribution is 2.35. The van der Waals surface area contributed by atoms with E-state index in [1.54, 1.807) is 42.3 Å². The molecule has 0 saturated heterocycles. The highest BCUT2D eigenvalue weighted by Gasteiger charge is 2.14. The molecule has 2 heterocycles. The summed E-state index contributed by atoms with van der Waals surface area (Å²) in [4.78, 5) is 12.4. The number of benzene rings is 2. The lowest BCUT2D eigenvalue weighted by Gasteiger charge is -2.09. The Morgan fingerprint density at radius 2 is 2.03 bits per heavy atom. The summed E-state index contributed by atoms with van der Waals surface area (Å²) in [5.41, 5.74) is 2.16. The lowest BCUT2D eigenvalue weighted by molar-refractivity contribution is 0.0941. The van der Waals surface area contributed by atoms with Crippen LogP contribution in [0.15, 0.2) is 48.7 Å². The van der Waals surface area contributed by atoms with E-state index in [2.05, 4.69) is 10.4 Å². The average molecular weight is 395 g/mol. The number of rotatable bonds is 7. The number of fused-ring (bicyclic) bond motifs is 1. The number of hydrogen-bond acceptors (Lipinski definition) is 6. The molecule has 0 saturated carbocycles. The average Bonchev–Trinajstić information content (AvgIpc) is 3.40. The zero-order valence-electron chi connectivity index (χ0n) is 16.2. The molecule has 0 aliphatic carbocycles. The third kappa shape index (κ3) is 4.11. The van der Waals surface area contributed by atoms with Crippen molar-refractivity contribution in [3.05, 3.63) is 59.9 Å². The number of nitrogens with one attached hydrogen (secondary N) is 1. The first-order valence-corrected chi connectivity index (χ1v) is 9.15. The predicted octanol–water partition coefficient (Wildman–Crippen LogP) is 2.73. The molecule has 3 aromatic rings. The molecule has 0 spiro atoms. The fourth-order valence-electron chi connectivity index (χ4n) is 2.95. The second-order valence-corrected chi connectivity index (χ2v) is 6.44. The maximum Gasteiger partial charge on any atom is 0.271 e. The summed E-state index contributed by atoms with van der Waals surface area (Å²) in [7, 11) is 1.60. The molecule has 2 aromatic carbocycles. The zero-order valence-corrected chi connectivity index (χ0v) is 16.2. The molecule has 1 aliphatic heterocycles. The molecular formula is C21H21N3O5. The normalized spacial score (nSPS) is 11.9. The van der Waals surface area contributed by atoms with Crippen molar-refractivity contribution < 1.29 is 23.7 Å². The number of hydrogen-bond donors (Lipinski definition) is 1. The minimum atomic E-state index is -0.273. The third-order valence-corrected chi connectivity index (χ3v) is 4.40. The zero-order chi connectivity index (χ0) is 20.2. The van der Waals surface area contributed by atoms with Gasteiger partial charge in [-0.15, -0.1) is 0 Å². The van der Waals surface area contributed by atoms with E-state index in [-0.39, 0.29) is 12.7 Å². The second kappa shape index (κ2) is 8.14. The van der Waals surface area contributed by atoms with Crippen LogP contribution in [0, 0.1) is 6.92 Å². The van der Waals surface area contributed by atoms with Crippen molar-refractivity contribution in [3.8, 4) is 28.7 Å². The first-order chi connectivity index (χ1) is 14.1. The Kier molecular flexibility index (Phi) is 5.24. The van der Waals surface area contributed by atoms with Gasteiger partial charge in [0.15, 0.2) is 17.2 Å². The summed E-state index contributed by atoms with van der Waals surface area (Å²) in [6.45, 7) is 2.86. The van der Waals surface area contributed by atoms with Crippen LogP contribution in [0.1, 0.15) is 16.1 Å². The standard InChI is InChI=1S/C21H21N3O5/c1-14-3-5-18(26-2)17(11-14)24-9-7-16(23-24)21(25)22-8-10-27-15-4-6-19-20(12-15)29-13-28-19/h3-7,9,11-12H,8,10,13H2,1-2H3,(H,22,25). The van der Waals surface area contributed by atoms with E-state index < -0.39 is 0 Å². The number of aromatic nitrogens is 2. The van der Waals surface area contributed by atoms with E-state index in [1.807, 2.05) is 25.1 Å². The van der Waals surface area contributed by atoms with Crippen LogP contribution in [0.2, 0.25) is 0 Å². The molecule has 0 atom stereocenters. The second-order valence-electron chi connectivity index (χ2n) is 6.44. The Hall–Kier alpha value is -3.68. The van der Waals surface area contributed by atoms with Crippen LogP contribution in [0.4, 0.5) is 0 Å². The minimum Gasteiger partial charge on any atom is -0.494 e. The van der Waals surface area contributed by atoms with Crippen molar-refractivity contribution in [2.75, 3.05) is 27.1 Å². The summed E-state index contributed by atoms with van der Waals surface area (Å²) in [6, 6.07) is 12.8. The van der Waals surface area contributed by atoms with Gasteiger partial charge in [-0.3, -0.25) is 4.79 Å². The van der Waals surface area contributed by atoms with Crippen LogP contribution in [0.5, 0.6) is 23.0 Å². The monoisotopic (exact) mass is 395 g/mol. The Bertz CT molecular complexity index is 1030. The highest BCUT2D eigenvalue weighted by molar-refractivity contribution is 5.92. The predicted molar refractivity (Wildman–Crippen MR) is 105 cm³/mol. The summed E-state index contributed by atoms with van der Waals surface area (Å²) >= 11 is 0. The van der Waals surface area contributed by atoms with Gasteiger partial charge in [-0.05, 0) is 42.8 Å². The molecule has 0 unspecified atom stereocenters. The molecule has 1 amide bonds. The van der Waals surface area contributed by atoms with Gasteiger partial charge in [-0.1, -0.05) is 6.07 Å². The molecular weight excluding hydrogens is 374 g/mol. The Morgan fingerprint density at radius 1 is 1.17 bits per heavy atom. The Balaban J connectivity index is 1.32. The van der Waals surface area contributed by atoms with Crippen LogP contribution >= 0.6 is 0 Å². The molecule has 8 nitrogen and oxygen atoms in total. The smallest absolute Gasteiger partial charge is 0.271 e. The van der Waals surface area contributed by atoms with Gasteiger partial charge in [0, 0.05) is 12.3 Å². The molecule has 1 aromatic heterocycles. The van der Waals surface area contributed by atoms with Crippen LogP contribution < -0.4 is 24.3 Å². The number of ether oxygens (including phenoxy) is 4. The van der Waals surface area contributed by atoms with Gasteiger partial charge >= 0.3 is 0 Å². The number of carbonyl (C=O) groups is 1. The van der Waals surface area contributed by atoms with Gasteiger partial charge in [0.25, 0.3) is 5.91 Å². The largest absolute Gasteiger partial charge is 0.494 e. The molecule has 0 fully saturated rings. The Morgan fingerprint density at radius 3 is 2.90 bits per heavy atom. The van der Waals surface area contributed by atoms with Crippen molar-refractivity contribution >= 4 is 5.91 Å². The van der Waals surface area contributed by atoms with E-state index >= 15 is 0 Å². The van der Waals surface area contributed by atoms with E-state index in [0.717, 1.165) is 11.3 Å². The van der Waals surface area contributed by atoms with Gasteiger partial charge in [-0.25, -0.2) is 4.68 Å². The summed E-state index contributed by atoms with van der Waals surface area (Å²) in [6.07, 6.45) is 1.73. The van der Waals surface area contributed by atoms with Gasteiger partial charge in [0.2, 0.25) is 6.79 Å². The molecule has 150 valence electrons. The van der Waals surface area contributed by atoms with Crippen LogP contribution in [-0.4, -0.2) is 42.7 Å². The third-order valence-electron chi connectivity index (χ3n) is 4.40. The first kappa shape index (κ1) is 18.7. The van der Waals surface area contributed by atoms with Gasteiger partial charge in [-0.2, -0.15) is 5.10 Å². The molecule has 1 aliphatic rings. The fraction of sp³-hybridized carbons (Fsp3) is 0.238. The van der Waals surface area contributed by atoms with E-state index in [4.69, 9.17) is 18.9 Å². The number of aryl methyl sites for hydroxylation is 1. The fourth-order valence-corrected chi connectivity index (χ4v) is 2.95. The maximum absolute atomic E-state index is 12.4. The van der Waals surface area contributed by atoms with Crippen molar-refractivity contribution in [2.45, 2.75) is 6.92 Å². The van der Waals surface area contributed by atoms with Gasteiger partial charge in [0.1, 0.15) is 23.8 Å². The molecule has 4 rings (SSSR count). The van der Waals surface area contributed by atoms with Crippen LogP contribution in [-0.2, 0) is 0 Å². The van der Waals surface area contributed by atoms with Crippen molar-refractivity contribution in [3.63, 3.8) is 0 Å². The molecule has 0 radical (unpaired) electrons. The van der Waals surface area contributed by atoms with Crippen molar-refractivity contribution in [1.82, 2.24) is 15.1 Å². The topological polar surface area (TPSA) is 83.8 Å². The lowest BCUT2D eigenvalue weighted by atomic mass is 10.2. The molecule has 8 heteroatoms. The molecule has 1 N–H and O–H groups in total. The SMILES string of the molecule is COc1ccc(C)cc1-n1ccc(C(=O)NCCOc2ccc3c(c2)OCO3)n1. The number of methoxy groups -OCH3 is 1. The number of carbonyl (C=O) groups excluding carboxylic acids is 1. The molecule has 29 heavy (non-hydrogen) atoms. The summed E-state index contributed by atoms with van der Waals surface area (Å²) < 4.78 is 23.2. The van der Waals surface area contributed by atoms with E-state index in [9.17, 15) is 4.79 Å². The summed E-state index contributed by atoms with van der Waals surface area (Å²) in [5, 5.41) is 7.16. The van der Waals surface area contributed by atoms with Gasteiger partial charge < -0.3 is 24.3 Å². The van der Waals surface area contributed by atoms with Crippen molar-refractivity contribution in [1.29, 1.82) is 0 Å². The summed E-state index contributed by atoms with van der Waals surface area (Å²) in [5.74, 6) is 2.42. The highest BCUT2D eigenvalue weighted by atomic mass is 16.7. The number of amides is 1. The van der Waals surface area contributed by atoms with Gasteiger partial charge in [0.05, 0.1) is 13.7 Å². The number of nitrogens with zero attached hydrogens (tertiary/aromatic N) is 2. The van der Waals surface area contributed by atoms with Crippen LogP contribution in [0.3, 0.4) is 0 Å². The van der Waals surface area contributed by atoms with E-state index in [0.29, 0.717) is 41.8 Å². The quantitative estimate of drug-likeness (QED) is 0.620. The Labute approximate surface area is 168 Å². The van der Waals surface area contributed by atoms with E-state index in [1.165, 1.54) is 0 Å². The van der Waals surface area contributed by atoms with Crippen molar-refractivity contribution in [2.24, 2.45) is 0 Å². The lowest BCUT2D eigenvalue weighted by Crippen LogP contribution is -2.28. The molecule has 0 bridgehead atoms. The van der Waals surface area contributed by atoms with Crippen LogP contribution in [0.25, 0.3) is 5.69 Å².